The van der Waals surface area contributed by atoms with Gasteiger partial charge in [0.2, 0.25) is 5.78 Å². The smallest absolute Gasteiger partial charge is 0.214 e. The lowest BCUT2D eigenvalue weighted by atomic mass is 9.84. The lowest BCUT2D eigenvalue weighted by molar-refractivity contribution is 0.0993. The van der Waals surface area contributed by atoms with E-state index in [0.29, 0.717) is 16.7 Å². The zero-order chi connectivity index (χ0) is 22.5. The van der Waals surface area contributed by atoms with E-state index in [-0.39, 0.29) is 5.25 Å². The quantitative estimate of drug-likeness (QED) is 0.382. The van der Waals surface area contributed by atoms with Crippen LogP contribution in [0.3, 0.4) is 0 Å². The highest BCUT2D eigenvalue weighted by Gasteiger charge is 2.35. The summed E-state index contributed by atoms with van der Waals surface area (Å²) >= 11 is 2.01. The maximum Gasteiger partial charge on any atom is 0.214 e. The third kappa shape index (κ3) is 8.78. The van der Waals surface area contributed by atoms with E-state index < -0.39 is 0 Å². The molecule has 3 fully saturated rings. The Balaban J connectivity index is 0.000000286. The summed E-state index contributed by atoms with van der Waals surface area (Å²) in [6.07, 6.45) is 14.4. The van der Waals surface area contributed by atoms with Crippen LogP contribution in [0.5, 0.6) is 0 Å². The highest BCUT2D eigenvalue weighted by Crippen LogP contribution is 2.32. The maximum atomic E-state index is 12.6. The molecule has 2 saturated heterocycles. The average molecular weight is 465 g/mol. The molecular formula is C27H46NOS2+. The van der Waals surface area contributed by atoms with E-state index in [1.165, 1.54) is 87.9 Å². The average Bonchev–Trinajstić information content (AvgIpc) is 3.41. The van der Waals surface area contributed by atoms with Crippen molar-refractivity contribution in [2.45, 2.75) is 95.0 Å². The van der Waals surface area contributed by atoms with Gasteiger partial charge in [-0.2, -0.15) is 11.8 Å². The fourth-order valence-electron chi connectivity index (χ4n) is 4.80. The molecule has 0 amide bonds. The molecule has 31 heavy (non-hydrogen) atoms. The fourth-order valence-corrected chi connectivity index (χ4v) is 8.01. The number of ketones is 1. The summed E-state index contributed by atoms with van der Waals surface area (Å²) in [7, 11) is 0.338. The Labute approximate surface area is 199 Å². The van der Waals surface area contributed by atoms with Gasteiger partial charge in [-0.1, -0.05) is 57.4 Å². The van der Waals surface area contributed by atoms with E-state index in [4.69, 9.17) is 0 Å². The number of hydrogen-bond donors (Lipinski definition) is 1. The largest absolute Gasteiger partial charge is 0.317 e. The molecule has 1 aromatic rings. The number of benzene rings is 1. The Morgan fingerprint density at radius 1 is 0.935 bits per heavy atom. The minimum atomic E-state index is 0.230. The molecule has 4 heteroatoms. The van der Waals surface area contributed by atoms with Crippen molar-refractivity contribution in [1.82, 2.24) is 5.32 Å². The third-order valence-corrected chi connectivity index (χ3v) is 10.8. The number of piperidine rings is 1. The molecule has 4 rings (SSSR count). The molecule has 2 heterocycles. The fraction of sp³-hybridized carbons (Fsp3) is 0.741. The van der Waals surface area contributed by atoms with Crippen molar-refractivity contribution in [2.75, 3.05) is 30.9 Å². The van der Waals surface area contributed by atoms with Gasteiger partial charge in [0.05, 0.1) is 0 Å². The van der Waals surface area contributed by atoms with Crippen molar-refractivity contribution >= 4 is 28.4 Å². The van der Waals surface area contributed by atoms with Gasteiger partial charge in [0.15, 0.2) is 5.25 Å². The van der Waals surface area contributed by atoms with Crippen LogP contribution in [0.25, 0.3) is 0 Å². The summed E-state index contributed by atoms with van der Waals surface area (Å²) in [6, 6.07) is 8.60. The highest BCUT2D eigenvalue weighted by atomic mass is 32.2. The molecule has 3 aliphatic rings. The standard InChI is InChI=1S/C19H27OS.C6H13NS.C2H6/c1-15(21-13-5-6-14-21)19(20)18-11-9-17(10-12-18)16-7-3-2-4-8-16;1-8-6-2-4-7-5-3-6;1-2/h9-12,15-16H,2-8,13-14H2,1H3;6-7H,2-5H2,1H3;1-2H3/q+1;;. The molecule has 1 aromatic carbocycles. The number of nitrogens with one attached hydrogen (secondary N) is 1. The first-order valence-corrected chi connectivity index (χ1v) is 15.6. The second-order valence-electron chi connectivity index (χ2n) is 8.80. The molecule has 1 N–H and O–H groups in total. The van der Waals surface area contributed by atoms with Gasteiger partial charge in [-0.25, -0.2) is 0 Å². The van der Waals surface area contributed by atoms with E-state index in [0.717, 1.165) is 16.7 Å². The first kappa shape index (κ1) is 26.8. The predicted molar refractivity (Wildman–Crippen MR) is 143 cm³/mol. The summed E-state index contributed by atoms with van der Waals surface area (Å²) in [5.41, 5.74) is 2.38. The zero-order valence-corrected chi connectivity index (χ0v) is 22.1. The number of rotatable bonds is 5. The lowest BCUT2D eigenvalue weighted by Gasteiger charge is -2.22. The van der Waals surface area contributed by atoms with Crippen LogP contribution in [0.2, 0.25) is 0 Å². The highest BCUT2D eigenvalue weighted by molar-refractivity contribution is 7.99. The molecule has 176 valence electrons. The molecule has 1 atom stereocenters. The van der Waals surface area contributed by atoms with Crippen LogP contribution in [-0.4, -0.2) is 47.1 Å². The number of Topliss-reactive ketones (excluding diaryl/α,β-unsaturated/α-hetero) is 1. The summed E-state index contributed by atoms with van der Waals surface area (Å²) in [6.45, 7) is 8.60. The second-order valence-corrected chi connectivity index (χ2v) is 12.5. The summed E-state index contributed by atoms with van der Waals surface area (Å²) in [5, 5.41) is 4.51. The van der Waals surface area contributed by atoms with E-state index in [1.54, 1.807) is 0 Å². The van der Waals surface area contributed by atoms with Crippen LogP contribution >= 0.6 is 11.8 Å². The Hall–Kier alpha value is -0.450. The molecule has 1 aliphatic carbocycles. The number of hydrogen-bond acceptors (Lipinski definition) is 3. The van der Waals surface area contributed by atoms with Crippen LogP contribution < -0.4 is 5.32 Å². The molecule has 2 aliphatic heterocycles. The first-order valence-electron chi connectivity index (χ1n) is 12.7. The van der Waals surface area contributed by atoms with Crippen molar-refractivity contribution in [3.05, 3.63) is 35.4 Å². The Morgan fingerprint density at radius 3 is 2.03 bits per heavy atom. The molecule has 0 bridgehead atoms. The lowest BCUT2D eigenvalue weighted by Crippen LogP contribution is -2.28. The molecule has 1 saturated carbocycles. The summed E-state index contributed by atoms with van der Waals surface area (Å²) in [5.74, 6) is 3.65. The Kier molecular flexibility index (Phi) is 13.3. The van der Waals surface area contributed by atoms with Crippen molar-refractivity contribution in [1.29, 1.82) is 0 Å². The van der Waals surface area contributed by atoms with Gasteiger partial charge in [-0.3, -0.25) is 4.79 Å². The van der Waals surface area contributed by atoms with Gasteiger partial charge in [-0.15, -0.1) is 0 Å². The number of carbonyl (C=O) groups excluding carboxylic acids is 1. The van der Waals surface area contributed by atoms with Crippen LogP contribution in [0.4, 0.5) is 0 Å². The zero-order valence-electron chi connectivity index (χ0n) is 20.5. The normalized spacial score (nSPS) is 21.4. The topological polar surface area (TPSA) is 29.1 Å². The third-order valence-electron chi connectivity index (χ3n) is 6.82. The van der Waals surface area contributed by atoms with Crippen molar-refractivity contribution < 1.29 is 4.79 Å². The Morgan fingerprint density at radius 2 is 1.52 bits per heavy atom. The Bertz CT molecular complexity index is 600. The molecule has 0 radical (unpaired) electrons. The van der Waals surface area contributed by atoms with Gasteiger partial charge in [-0.05, 0) is 87.2 Å². The van der Waals surface area contributed by atoms with E-state index in [9.17, 15) is 4.79 Å². The van der Waals surface area contributed by atoms with Gasteiger partial charge in [0.1, 0.15) is 11.5 Å². The van der Waals surface area contributed by atoms with E-state index in [1.807, 2.05) is 25.6 Å². The number of thioether (sulfide) groups is 1. The van der Waals surface area contributed by atoms with Crippen LogP contribution in [-0.2, 0) is 10.9 Å². The van der Waals surface area contributed by atoms with Crippen molar-refractivity contribution in [3.8, 4) is 0 Å². The van der Waals surface area contributed by atoms with Crippen LogP contribution in [0, 0.1) is 0 Å². The monoisotopic (exact) mass is 464 g/mol. The van der Waals surface area contributed by atoms with Gasteiger partial charge < -0.3 is 5.32 Å². The minimum Gasteiger partial charge on any atom is -0.317 e. The van der Waals surface area contributed by atoms with E-state index in [2.05, 4.69) is 42.8 Å². The van der Waals surface area contributed by atoms with Gasteiger partial charge in [0.25, 0.3) is 0 Å². The summed E-state index contributed by atoms with van der Waals surface area (Å²) in [4.78, 5) is 12.6. The first-order chi connectivity index (χ1) is 15.2. The van der Waals surface area contributed by atoms with Crippen molar-refractivity contribution in [2.24, 2.45) is 0 Å². The second kappa shape index (κ2) is 15.4. The molecule has 1 unspecified atom stereocenters. The molecular weight excluding hydrogens is 418 g/mol. The SMILES string of the molecule is CC.CC(C(=O)c1ccc(C2CCCCC2)cc1)[S+]1CCCC1.CSC1CCNCC1. The van der Waals surface area contributed by atoms with Gasteiger partial charge >= 0.3 is 0 Å². The molecule has 0 spiro atoms. The summed E-state index contributed by atoms with van der Waals surface area (Å²) < 4.78 is 0. The minimum absolute atomic E-state index is 0.230. The van der Waals surface area contributed by atoms with Crippen LogP contribution in [0.1, 0.15) is 100 Å². The maximum absolute atomic E-state index is 12.6. The molecule has 0 aromatic heterocycles. The van der Waals surface area contributed by atoms with Crippen LogP contribution in [0.15, 0.2) is 24.3 Å². The van der Waals surface area contributed by atoms with E-state index >= 15 is 0 Å². The van der Waals surface area contributed by atoms with Crippen molar-refractivity contribution in [3.63, 3.8) is 0 Å². The number of carbonyl (C=O) groups is 1. The van der Waals surface area contributed by atoms with Gasteiger partial charge in [0, 0.05) is 10.8 Å². The molecule has 2 nitrogen and oxygen atoms in total. The predicted octanol–water partition coefficient (Wildman–Crippen LogP) is 6.85.